The van der Waals surface area contributed by atoms with Crippen LogP contribution in [0.5, 0.6) is 0 Å². The fraction of sp³-hybridized carbons (Fsp3) is 0.933. The molecule has 2 unspecified atom stereocenters. The zero-order chi connectivity index (χ0) is 14.3. The molecule has 0 amide bonds. The Morgan fingerprint density at radius 2 is 2.26 bits per heavy atom. The van der Waals surface area contributed by atoms with E-state index in [1.165, 1.54) is 6.42 Å². The number of hydrogen-bond acceptors (Lipinski definition) is 3. The van der Waals surface area contributed by atoms with Crippen molar-refractivity contribution in [3.63, 3.8) is 0 Å². The first kappa shape index (κ1) is 16.4. The second kappa shape index (κ2) is 7.85. The van der Waals surface area contributed by atoms with E-state index in [4.69, 9.17) is 4.74 Å². The first-order valence-electron chi connectivity index (χ1n) is 7.60. The first-order chi connectivity index (χ1) is 9.00. The maximum atomic E-state index is 11.5. The first-order valence-corrected chi connectivity index (χ1v) is 7.60. The van der Waals surface area contributed by atoms with Gasteiger partial charge < -0.3 is 15.2 Å². The summed E-state index contributed by atoms with van der Waals surface area (Å²) in [4.78, 5) is 11.5. The van der Waals surface area contributed by atoms with E-state index in [1.54, 1.807) is 0 Å². The zero-order valence-corrected chi connectivity index (χ0v) is 12.6. The normalized spacial score (nSPS) is 27.7. The minimum Gasteiger partial charge on any atom is -0.480 e. The highest BCUT2D eigenvalue weighted by atomic mass is 16.5. The summed E-state index contributed by atoms with van der Waals surface area (Å²) in [5, 5.41) is 12.6. The quantitative estimate of drug-likeness (QED) is 0.666. The van der Waals surface area contributed by atoms with E-state index in [1.807, 2.05) is 6.92 Å². The van der Waals surface area contributed by atoms with Crippen LogP contribution in [0.2, 0.25) is 0 Å². The molecular weight excluding hydrogens is 242 g/mol. The molecule has 19 heavy (non-hydrogen) atoms. The van der Waals surface area contributed by atoms with E-state index in [0.29, 0.717) is 25.3 Å². The highest BCUT2D eigenvalue weighted by Crippen LogP contribution is 2.30. The van der Waals surface area contributed by atoms with Crippen molar-refractivity contribution in [2.45, 2.75) is 70.9 Å². The summed E-state index contributed by atoms with van der Waals surface area (Å²) in [6.07, 6.45) is 5.55. The summed E-state index contributed by atoms with van der Waals surface area (Å²) < 4.78 is 5.88. The number of hydrogen-bond donors (Lipinski definition) is 2. The van der Waals surface area contributed by atoms with E-state index in [-0.39, 0.29) is 6.10 Å². The number of nitrogens with one attached hydrogen (secondary N) is 1. The van der Waals surface area contributed by atoms with E-state index >= 15 is 0 Å². The Morgan fingerprint density at radius 1 is 1.53 bits per heavy atom. The third-order valence-corrected chi connectivity index (χ3v) is 3.91. The Balaban J connectivity index is 2.42. The molecule has 1 aliphatic carbocycles. The number of carboxylic acid groups (broad SMARTS) is 1. The lowest BCUT2D eigenvalue weighted by Crippen LogP contribution is -2.56. The van der Waals surface area contributed by atoms with Crippen molar-refractivity contribution in [3.05, 3.63) is 0 Å². The van der Waals surface area contributed by atoms with Gasteiger partial charge in [-0.1, -0.05) is 20.8 Å². The van der Waals surface area contributed by atoms with Crippen LogP contribution in [0.1, 0.15) is 59.3 Å². The maximum Gasteiger partial charge on any atom is 0.323 e. The lowest BCUT2D eigenvalue weighted by molar-refractivity contribution is -0.149. The third kappa shape index (κ3) is 5.11. The number of ether oxygens (including phenoxy) is 1. The Kier molecular flexibility index (Phi) is 6.80. The van der Waals surface area contributed by atoms with Crippen LogP contribution in [0.3, 0.4) is 0 Å². The standard InChI is InChI=1S/C15H29NO3/c1-4-16-15(14(17)18)9-5-8-13(11-15)19-10-6-7-12(2)3/h12-13,16H,4-11H2,1-3H3,(H,17,18). The van der Waals surface area contributed by atoms with E-state index in [2.05, 4.69) is 19.2 Å². The van der Waals surface area contributed by atoms with Crippen molar-refractivity contribution in [3.8, 4) is 0 Å². The van der Waals surface area contributed by atoms with Gasteiger partial charge in [0, 0.05) is 13.0 Å². The van der Waals surface area contributed by atoms with E-state index < -0.39 is 11.5 Å². The highest BCUT2D eigenvalue weighted by Gasteiger charge is 2.42. The lowest BCUT2D eigenvalue weighted by Gasteiger charge is -2.38. The van der Waals surface area contributed by atoms with Crippen molar-refractivity contribution in [1.29, 1.82) is 0 Å². The van der Waals surface area contributed by atoms with E-state index in [0.717, 1.165) is 25.9 Å². The van der Waals surface area contributed by atoms with Crippen molar-refractivity contribution in [1.82, 2.24) is 5.32 Å². The van der Waals surface area contributed by atoms with Gasteiger partial charge in [0.25, 0.3) is 0 Å². The molecule has 2 N–H and O–H groups in total. The van der Waals surface area contributed by atoms with Crippen LogP contribution in [0.4, 0.5) is 0 Å². The number of aliphatic carboxylic acids is 1. The molecule has 1 saturated carbocycles. The molecule has 0 aromatic heterocycles. The van der Waals surface area contributed by atoms with Gasteiger partial charge in [0.15, 0.2) is 0 Å². The topological polar surface area (TPSA) is 58.6 Å². The number of likely N-dealkylation sites (N-methyl/N-ethyl adjacent to an activating group) is 1. The zero-order valence-electron chi connectivity index (χ0n) is 12.6. The molecule has 4 nitrogen and oxygen atoms in total. The summed E-state index contributed by atoms with van der Waals surface area (Å²) in [5.74, 6) is -0.0281. The third-order valence-electron chi connectivity index (χ3n) is 3.91. The summed E-state index contributed by atoms with van der Waals surface area (Å²) in [7, 11) is 0. The van der Waals surface area contributed by atoms with Crippen LogP contribution in [0.25, 0.3) is 0 Å². The predicted molar refractivity (Wildman–Crippen MR) is 76.3 cm³/mol. The van der Waals surface area contributed by atoms with Gasteiger partial charge in [0.1, 0.15) is 5.54 Å². The van der Waals surface area contributed by atoms with Crippen LogP contribution in [-0.4, -0.2) is 35.9 Å². The Hall–Kier alpha value is -0.610. The van der Waals surface area contributed by atoms with Crippen molar-refractivity contribution in [2.24, 2.45) is 5.92 Å². The molecule has 1 fully saturated rings. The number of carbonyl (C=O) groups is 1. The molecule has 0 radical (unpaired) electrons. The monoisotopic (exact) mass is 271 g/mol. The average Bonchev–Trinajstić information content (AvgIpc) is 2.35. The Labute approximate surface area is 116 Å². The van der Waals surface area contributed by atoms with Crippen molar-refractivity contribution in [2.75, 3.05) is 13.2 Å². The number of rotatable bonds is 8. The van der Waals surface area contributed by atoms with E-state index in [9.17, 15) is 9.90 Å². The molecule has 112 valence electrons. The second-order valence-corrected chi connectivity index (χ2v) is 6.04. The van der Waals surface area contributed by atoms with Crippen LogP contribution >= 0.6 is 0 Å². The molecule has 0 aromatic carbocycles. The molecule has 0 heterocycles. The summed E-state index contributed by atoms with van der Waals surface area (Å²) in [6.45, 7) is 7.82. The van der Waals surface area contributed by atoms with Gasteiger partial charge in [-0.15, -0.1) is 0 Å². The predicted octanol–water partition coefficient (Wildman–Crippen LogP) is 2.81. The van der Waals surface area contributed by atoms with Gasteiger partial charge in [-0.3, -0.25) is 4.79 Å². The van der Waals surface area contributed by atoms with Crippen LogP contribution < -0.4 is 5.32 Å². The molecule has 0 saturated heterocycles. The highest BCUT2D eigenvalue weighted by molar-refractivity contribution is 5.79. The summed E-state index contributed by atoms with van der Waals surface area (Å²) >= 11 is 0. The van der Waals surface area contributed by atoms with Crippen molar-refractivity contribution >= 4 is 5.97 Å². The van der Waals surface area contributed by atoms with Gasteiger partial charge in [-0.2, -0.15) is 0 Å². The summed E-state index contributed by atoms with van der Waals surface area (Å²) in [6, 6.07) is 0. The molecule has 0 aliphatic heterocycles. The van der Waals surface area contributed by atoms with Gasteiger partial charge >= 0.3 is 5.97 Å². The molecule has 0 bridgehead atoms. The molecule has 4 heteroatoms. The molecule has 0 spiro atoms. The van der Waals surface area contributed by atoms with Crippen LogP contribution in [0.15, 0.2) is 0 Å². The van der Waals surface area contributed by atoms with Gasteiger partial charge in [0.05, 0.1) is 6.10 Å². The average molecular weight is 271 g/mol. The second-order valence-electron chi connectivity index (χ2n) is 6.04. The van der Waals surface area contributed by atoms with Gasteiger partial charge in [-0.25, -0.2) is 0 Å². The lowest BCUT2D eigenvalue weighted by atomic mass is 9.80. The number of carboxylic acids is 1. The molecule has 1 rings (SSSR count). The van der Waals surface area contributed by atoms with Crippen molar-refractivity contribution < 1.29 is 14.6 Å². The molecule has 0 aromatic rings. The SMILES string of the molecule is CCNC1(C(=O)O)CCCC(OCCCC(C)C)C1. The van der Waals surface area contributed by atoms with Crippen LogP contribution in [-0.2, 0) is 9.53 Å². The maximum absolute atomic E-state index is 11.5. The Bertz CT molecular complexity index is 277. The molecule has 2 atom stereocenters. The molecular formula is C15H29NO3. The van der Waals surface area contributed by atoms with Crippen LogP contribution in [0, 0.1) is 5.92 Å². The fourth-order valence-electron chi connectivity index (χ4n) is 2.88. The molecule has 1 aliphatic rings. The van der Waals surface area contributed by atoms with Gasteiger partial charge in [-0.05, 0) is 44.6 Å². The van der Waals surface area contributed by atoms with Gasteiger partial charge in [0.2, 0.25) is 0 Å². The largest absolute Gasteiger partial charge is 0.480 e. The smallest absolute Gasteiger partial charge is 0.323 e. The minimum atomic E-state index is -0.768. The Morgan fingerprint density at radius 3 is 2.84 bits per heavy atom. The fourth-order valence-corrected chi connectivity index (χ4v) is 2.88. The minimum absolute atomic E-state index is 0.0936. The summed E-state index contributed by atoms with van der Waals surface area (Å²) in [5.41, 5.74) is -0.768.